The fraction of sp³-hybridized carbons (Fsp3) is 0.520. The Kier molecular flexibility index (Phi) is 7.79. The molecule has 3 rings (SSSR count). The van der Waals surface area contributed by atoms with Crippen molar-refractivity contribution in [1.82, 2.24) is 0 Å². The van der Waals surface area contributed by atoms with Crippen LogP contribution in [0.25, 0.3) is 0 Å². The van der Waals surface area contributed by atoms with Crippen molar-refractivity contribution in [1.29, 1.82) is 0 Å². The van der Waals surface area contributed by atoms with Gasteiger partial charge in [-0.15, -0.1) is 0 Å². The van der Waals surface area contributed by atoms with Crippen molar-refractivity contribution in [3.63, 3.8) is 0 Å². The summed E-state index contributed by atoms with van der Waals surface area (Å²) in [4.78, 5) is 0. The van der Waals surface area contributed by atoms with E-state index >= 15 is 0 Å². The SMILES string of the molecule is CCCCOc1ccc(C2CCC(CCc3ccc(C)c(F)c3F)CC2)c(F)c1F. The second-order valence-electron chi connectivity index (χ2n) is 8.41. The fourth-order valence-electron chi connectivity index (χ4n) is 4.30. The Morgan fingerprint density at radius 3 is 2.30 bits per heavy atom. The van der Waals surface area contributed by atoms with Gasteiger partial charge in [0.1, 0.15) is 0 Å². The molecule has 1 aliphatic rings. The Morgan fingerprint density at radius 2 is 1.60 bits per heavy atom. The summed E-state index contributed by atoms with van der Waals surface area (Å²) in [6.07, 6.45) is 6.26. The maximum absolute atomic E-state index is 14.6. The van der Waals surface area contributed by atoms with Gasteiger partial charge in [-0.25, -0.2) is 13.2 Å². The average molecular weight is 423 g/mol. The molecule has 0 atom stereocenters. The van der Waals surface area contributed by atoms with Crippen LogP contribution in [0.5, 0.6) is 5.75 Å². The van der Waals surface area contributed by atoms with Gasteiger partial charge in [-0.2, -0.15) is 4.39 Å². The summed E-state index contributed by atoms with van der Waals surface area (Å²) in [7, 11) is 0. The zero-order valence-electron chi connectivity index (χ0n) is 17.7. The number of hydrogen-bond donors (Lipinski definition) is 0. The second kappa shape index (κ2) is 10.3. The van der Waals surface area contributed by atoms with E-state index in [1.54, 1.807) is 25.1 Å². The van der Waals surface area contributed by atoms with Crippen molar-refractivity contribution in [3.8, 4) is 5.75 Å². The van der Waals surface area contributed by atoms with E-state index in [1.807, 2.05) is 6.92 Å². The molecule has 2 aromatic rings. The molecular formula is C25H30F4O. The fourth-order valence-corrected chi connectivity index (χ4v) is 4.30. The zero-order valence-corrected chi connectivity index (χ0v) is 17.7. The van der Waals surface area contributed by atoms with Gasteiger partial charge in [0, 0.05) is 0 Å². The third kappa shape index (κ3) is 5.16. The summed E-state index contributed by atoms with van der Waals surface area (Å²) in [6.45, 7) is 3.94. The van der Waals surface area contributed by atoms with Gasteiger partial charge in [-0.05, 0) is 86.5 Å². The van der Waals surface area contributed by atoms with Crippen molar-refractivity contribution < 1.29 is 22.3 Å². The van der Waals surface area contributed by atoms with Gasteiger partial charge < -0.3 is 4.74 Å². The van der Waals surface area contributed by atoms with Crippen LogP contribution in [0.3, 0.4) is 0 Å². The van der Waals surface area contributed by atoms with Crippen LogP contribution in [-0.2, 0) is 6.42 Å². The van der Waals surface area contributed by atoms with Gasteiger partial charge in [0.2, 0.25) is 5.82 Å². The van der Waals surface area contributed by atoms with Crippen LogP contribution in [-0.4, -0.2) is 6.61 Å². The van der Waals surface area contributed by atoms with Crippen LogP contribution in [0.2, 0.25) is 0 Å². The molecule has 0 spiro atoms. The molecule has 1 saturated carbocycles. The minimum Gasteiger partial charge on any atom is -0.490 e. The number of benzene rings is 2. The summed E-state index contributed by atoms with van der Waals surface area (Å²) in [5.41, 5.74) is 1.14. The highest BCUT2D eigenvalue weighted by Crippen LogP contribution is 2.40. The van der Waals surface area contributed by atoms with Crippen LogP contribution in [0.15, 0.2) is 24.3 Å². The summed E-state index contributed by atoms with van der Waals surface area (Å²) < 4.78 is 62.1. The Bertz CT molecular complexity index is 857. The Hall–Kier alpha value is -2.04. The third-order valence-electron chi connectivity index (χ3n) is 6.30. The van der Waals surface area contributed by atoms with Gasteiger partial charge in [0.25, 0.3) is 0 Å². The summed E-state index contributed by atoms with van der Waals surface area (Å²) >= 11 is 0. The highest BCUT2D eigenvalue weighted by atomic mass is 19.2. The van der Waals surface area contributed by atoms with Crippen molar-refractivity contribution in [2.75, 3.05) is 6.61 Å². The average Bonchev–Trinajstić information content (AvgIpc) is 2.75. The summed E-state index contributed by atoms with van der Waals surface area (Å²) in [6, 6.07) is 6.44. The number of ether oxygens (including phenoxy) is 1. The first-order valence-corrected chi connectivity index (χ1v) is 11.0. The van der Waals surface area contributed by atoms with E-state index in [9.17, 15) is 17.6 Å². The van der Waals surface area contributed by atoms with E-state index in [0.29, 0.717) is 35.6 Å². The molecular weight excluding hydrogens is 392 g/mol. The summed E-state index contributed by atoms with van der Waals surface area (Å²) in [5.74, 6) is -2.88. The van der Waals surface area contributed by atoms with Crippen molar-refractivity contribution in [3.05, 3.63) is 64.2 Å². The van der Waals surface area contributed by atoms with E-state index < -0.39 is 23.3 Å². The molecule has 0 saturated heterocycles. The van der Waals surface area contributed by atoms with E-state index in [2.05, 4.69) is 0 Å². The van der Waals surface area contributed by atoms with E-state index in [-0.39, 0.29) is 11.7 Å². The topological polar surface area (TPSA) is 9.23 Å². The largest absolute Gasteiger partial charge is 0.490 e. The molecule has 0 amide bonds. The molecule has 2 aromatic carbocycles. The minimum atomic E-state index is -0.900. The minimum absolute atomic E-state index is 0.0194. The number of unbranched alkanes of at least 4 members (excludes halogenated alkanes) is 1. The lowest BCUT2D eigenvalue weighted by atomic mass is 9.76. The quantitative estimate of drug-likeness (QED) is 0.314. The molecule has 0 aliphatic heterocycles. The first-order valence-electron chi connectivity index (χ1n) is 11.0. The van der Waals surface area contributed by atoms with Crippen molar-refractivity contribution in [2.45, 2.75) is 71.1 Å². The molecule has 1 fully saturated rings. The Labute approximate surface area is 176 Å². The highest BCUT2D eigenvalue weighted by Gasteiger charge is 2.27. The number of aryl methyl sites for hydroxylation is 2. The highest BCUT2D eigenvalue weighted by molar-refractivity contribution is 5.33. The lowest BCUT2D eigenvalue weighted by molar-refractivity contribution is 0.283. The Morgan fingerprint density at radius 1 is 0.867 bits per heavy atom. The molecule has 0 radical (unpaired) electrons. The molecule has 30 heavy (non-hydrogen) atoms. The predicted molar refractivity (Wildman–Crippen MR) is 111 cm³/mol. The lowest BCUT2D eigenvalue weighted by Crippen LogP contribution is -2.16. The molecule has 1 aliphatic carbocycles. The zero-order chi connectivity index (χ0) is 21.7. The molecule has 0 aromatic heterocycles. The first-order chi connectivity index (χ1) is 14.4. The lowest BCUT2D eigenvalue weighted by Gasteiger charge is -2.29. The molecule has 0 heterocycles. The van der Waals surface area contributed by atoms with E-state index in [4.69, 9.17) is 4.74 Å². The van der Waals surface area contributed by atoms with E-state index in [0.717, 1.165) is 44.9 Å². The van der Waals surface area contributed by atoms with Gasteiger partial charge in [-0.1, -0.05) is 31.5 Å². The predicted octanol–water partition coefficient (Wildman–Crippen LogP) is 7.64. The smallest absolute Gasteiger partial charge is 0.200 e. The first kappa shape index (κ1) is 22.6. The molecule has 0 unspecified atom stereocenters. The molecule has 0 bridgehead atoms. The van der Waals surface area contributed by atoms with Gasteiger partial charge in [0.05, 0.1) is 6.61 Å². The molecule has 5 heteroatoms. The van der Waals surface area contributed by atoms with Crippen LogP contribution in [0.4, 0.5) is 17.6 Å². The number of halogens is 4. The summed E-state index contributed by atoms with van der Waals surface area (Å²) in [5, 5.41) is 0. The second-order valence-corrected chi connectivity index (χ2v) is 8.41. The Balaban J connectivity index is 1.55. The van der Waals surface area contributed by atoms with Crippen LogP contribution in [0.1, 0.15) is 74.5 Å². The number of hydrogen-bond acceptors (Lipinski definition) is 1. The van der Waals surface area contributed by atoms with Crippen molar-refractivity contribution >= 4 is 0 Å². The van der Waals surface area contributed by atoms with Gasteiger partial charge >= 0.3 is 0 Å². The van der Waals surface area contributed by atoms with Crippen LogP contribution < -0.4 is 4.74 Å². The monoisotopic (exact) mass is 422 g/mol. The van der Waals surface area contributed by atoms with Crippen LogP contribution in [0, 0.1) is 36.1 Å². The number of rotatable bonds is 8. The molecule has 0 N–H and O–H groups in total. The maximum atomic E-state index is 14.6. The van der Waals surface area contributed by atoms with Gasteiger partial charge in [-0.3, -0.25) is 0 Å². The standard InChI is InChI=1S/C25H30F4O/c1-3-4-15-30-21-14-13-20(24(28)25(21)29)18-10-6-17(7-11-18)8-12-19-9-5-16(2)22(26)23(19)27/h5,9,13-14,17-18H,3-4,6-8,10-12,15H2,1-2H3. The van der Waals surface area contributed by atoms with E-state index in [1.165, 1.54) is 6.07 Å². The molecule has 164 valence electrons. The maximum Gasteiger partial charge on any atom is 0.200 e. The van der Waals surface area contributed by atoms with Gasteiger partial charge in [0.15, 0.2) is 23.2 Å². The molecule has 1 nitrogen and oxygen atoms in total. The van der Waals surface area contributed by atoms with Crippen molar-refractivity contribution in [2.24, 2.45) is 5.92 Å². The third-order valence-corrected chi connectivity index (χ3v) is 6.30. The van der Waals surface area contributed by atoms with Crippen LogP contribution >= 0.6 is 0 Å². The normalized spacial score (nSPS) is 19.1.